The molecular formula is C14H20ClNO. The van der Waals surface area contributed by atoms with Gasteiger partial charge in [0.2, 0.25) is 0 Å². The topological polar surface area (TPSA) is 21.3 Å². The summed E-state index contributed by atoms with van der Waals surface area (Å²) in [5.74, 6) is 0.877. The van der Waals surface area contributed by atoms with Gasteiger partial charge in [0, 0.05) is 12.1 Å². The quantitative estimate of drug-likeness (QED) is 0.863. The fourth-order valence-electron chi connectivity index (χ4n) is 2.26. The van der Waals surface area contributed by atoms with Crippen LogP contribution in [0.1, 0.15) is 38.2 Å². The summed E-state index contributed by atoms with van der Waals surface area (Å²) >= 11 is 6.23. The van der Waals surface area contributed by atoms with Crippen molar-refractivity contribution in [3.63, 3.8) is 0 Å². The first-order valence-electron chi connectivity index (χ1n) is 6.46. The van der Waals surface area contributed by atoms with Gasteiger partial charge in [0.15, 0.2) is 0 Å². The minimum atomic E-state index is 0.357. The Hall–Kier alpha value is -0.730. The first kappa shape index (κ1) is 12.7. The van der Waals surface area contributed by atoms with Gasteiger partial charge in [0.25, 0.3) is 0 Å². The van der Waals surface area contributed by atoms with Crippen LogP contribution in [0.2, 0.25) is 5.02 Å². The van der Waals surface area contributed by atoms with Crippen molar-refractivity contribution < 1.29 is 4.74 Å². The summed E-state index contributed by atoms with van der Waals surface area (Å²) in [7, 11) is 0. The smallest absolute Gasteiger partial charge is 0.142 e. The monoisotopic (exact) mass is 253 g/mol. The Morgan fingerprint density at radius 2 is 2.12 bits per heavy atom. The van der Waals surface area contributed by atoms with Crippen LogP contribution in [0.15, 0.2) is 18.2 Å². The van der Waals surface area contributed by atoms with Crippen molar-refractivity contribution in [1.82, 2.24) is 5.32 Å². The summed E-state index contributed by atoms with van der Waals surface area (Å²) in [5.41, 5.74) is 1.16. The van der Waals surface area contributed by atoms with Gasteiger partial charge >= 0.3 is 0 Å². The SMILES string of the molecule is CCNCc1cccc(Cl)c1OC1CCCC1. The van der Waals surface area contributed by atoms with Gasteiger partial charge in [-0.05, 0) is 38.3 Å². The normalized spacial score (nSPS) is 16.4. The Kier molecular flexibility index (Phi) is 4.69. The lowest BCUT2D eigenvalue weighted by molar-refractivity contribution is 0.208. The third-order valence-corrected chi connectivity index (χ3v) is 3.50. The first-order valence-corrected chi connectivity index (χ1v) is 6.84. The molecule has 2 rings (SSSR count). The standard InChI is InChI=1S/C14H20ClNO/c1-2-16-10-11-6-5-9-13(15)14(11)17-12-7-3-4-8-12/h5-6,9,12,16H,2-4,7-8,10H2,1H3. The average molecular weight is 254 g/mol. The van der Waals surface area contributed by atoms with Gasteiger partial charge in [0.05, 0.1) is 11.1 Å². The lowest BCUT2D eigenvalue weighted by atomic mass is 10.2. The molecule has 1 aromatic carbocycles. The second-order valence-electron chi connectivity index (χ2n) is 4.53. The molecule has 1 aromatic rings. The van der Waals surface area contributed by atoms with Crippen LogP contribution in [-0.2, 0) is 6.54 Å². The third kappa shape index (κ3) is 3.36. The van der Waals surface area contributed by atoms with E-state index in [9.17, 15) is 0 Å². The van der Waals surface area contributed by atoms with Gasteiger partial charge in [-0.15, -0.1) is 0 Å². The number of hydrogen-bond donors (Lipinski definition) is 1. The largest absolute Gasteiger partial charge is 0.489 e. The van der Waals surface area contributed by atoms with Crippen LogP contribution < -0.4 is 10.1 Å². The minimum absolute atomic E-state index is 0.357. The highest BCUT2D eigenvalue weighted by molar-refractivity contribution is 6.32. The molecular weight excluding hydrogens is 234 g/mol. The van der Waals surface area contributed by atoms with Crippen LogP contribution in [0.3, 0.4) is 0 Å². The van der Waals surface area contributed by atoms with Crippen molar-refractivity contribution in [1.29, 1.82) is 0 Å². The molecule has 1 aliphatic rings. The van der Waals surface area contributed by atoms with Crippen LogP contribution in [-0.4, -0.2) is 12.6 Å². The van der Waals surface area contributed by atoms with E-state index < -0.39 is 0 Å². The summed E-state index contributed by atoms with van der Waals surface area (Å²) in [5, 5.41) is 4.05. The van der Waals surface area contributed by atoms with Gasteiger partial charge in [-0.1, -0.05) is 30.7 Å². The molecule has 1 aliphatic carbocycles. The molecule has 3 heteroatoms. The molecule has 2 nitrogen and oxygen atoms in total. The molecule has 1 N–H and O–H groups in total. The molecule has 1 saturated carbocycles. The molecule has 0 aromatic heterocycles. The van der Waals surface area contributed by atoms with Crippen molar-refractivity contribution in [2.45, 2.75) is 45.3 Å². The van der Waals surface area contributed by atoms with Crippen molar-refractivity contribution in [3.8, 4) is 5.75 Å². The fourth-order valence-corrected chi connectivity index (χ4v) is 2.50. The maximum atomic E-state index is 6.23. The molecule has 17 heavy (non-hydrogen) atoms. The van der Waals surface area contributed by atoms with Gasteiger partial charge in [-0.3, -0.25) is 0 Å². The molecule has 1 fully saturated rings. The van der Waals surface area contributed by atoms with E-state index in [1.54, 1.807) is 0 Å². The van der Waals surface area contributed by atoms with Crippen molar-refractivity contribution in [2.24, 2.45) is 0 Å². The molecule has 0 atom stereocenters. The van der Waals surface area contributed by atoms with Crippen LogP contribution in [0.25, 0.3) is 0 Å². The average Bonchev–Trinajstić information content (AvgIpc) is 2.83. The second-order valence-corrected chi connectivity index (χ2v) is 4.94. The lowest BCUT2D eigenvalue weighted by Crippen LogP contribution is -2.16. The van der Waals surface area contributed by atoms with Crippen molar-refractivity contribution in [2.75, 3.05) is 6.54 Å². The van der Waals surface area contributed by atoms with Gasteiger partial charge < -0.3 is 10.1 Å². The zero-order valence-corrected chi connectivity index (χ0v) is 11.1. The maximum absolute atomic E-state index is 6.23. The molecule has 0 amide bonds. The highest BCUT2D eigenvalue weighted by Crippen LogP contribution is 2.32. The Bertz CT molecular complexity index is 361. The predicted octanol–water partition coefficient (Wildman–Crippen LogP) is 3.77. The number of hydrogen-bond acceptors (Lipinski definition) is 2. The van der Waals surface area contributed by atoms with E-state index in [1.165, 1.54) is 12.8 Å². The summed E-state index contributed by atoms with van der Waals surface area (Å²) < 4.78 is 6.06. The summed E-state index contributed by atoms with van der Waals surface area (Å²) in [6.07, 6.45) is 5.22. The van der Waals surface area contributed by atoms with Crippen LogP contribution >= 0.6 is 11.6 Å². The minimum Gasteiger partial charge on any atom is -0.489 e. The lowest BCUT2D eigenvalue weighted by Gasteiger charge is -2.18. The predicted molar refractivity (Wildman–Crippen MR) is 71.7 cm³/mol. The van der Waals surface area contributed by atoms with E-state index in [1.807, 2.05) is 12.1 Å². The van der Waals surface area contributed by atoms with E-state index in [2.05, 4.69) is 18.3 Å². The number of benzene rings is 1. The molecule has 0 saturated heterocycles. The molecule has 0 spiro atoms. The van der Waals surface area contributed by atoms with E-state index in [4.69, 9.17) is 16.3 Å². The maximum Gasteiger partial charge on any atom is 0.142 e. The van der Waals surface area contributed by atoms with Crippen LogP contribution in [0.4, 0.5) is 0 Å². The number of nitrogens with one attached hydrogen (secondary N) is 1. The third-order valence-electron chi connectivity index (χ3n) is 3.20. The fraction of sp³-hybridized carbons (Fsp3) is 0.571. The van der Waals surface area contributed by atoms with Gasteiger partial charge in [0.1, 0.15) is 5.75 Å². The molecule has 0 heterocycles. The van der Waals surface area contributed by atoms with Crippen LogP contribution in [0.5, 0.6) is 5.75 Å². The summed E-state index contributed by atoms with van der Waals surface area (Å²) in [4.78, 5) is 0. The molecule has 94 valence electrons. The summed E-state index contributed by atoms with van der Waals surface area (Å²) in [6, 6.07) is 5.97. The van der Waals surface area contributed by atoms with Crippen molar-refractivity contribution >= 4 is 11.6 Å². The molecule has 0 radical (unpaired) electrons. The number of rotatable bonds is 5. The summed E-state index contributed by atoms with van der Waals surface area (Å²) in [6.45, 7) is 3.87. The zero-order chi connectivity index (χ0) is 12.1. The molecule has 0 bridgehead atoms. The van der Waals surface area contributed by atoms with E-state index in [0.29, 0.717) is 6.10 Å². The van der Waals surface area contributed by atoms with Gasteiger partial charge in [-0.25, -0.2) is 0 Å². The molecule has 0 aliphatic heterocycles. The Morgan fingerprint density at radius 1 is 1.35 bits per heavy atom. The first-order chi connectivity index (χ1) is 8.31. The number of para-hydroxylation sites is 1. The van der Waals surface area contributed by atoms with Crippen LogP contribution in [0, 0.1) is 0 Å². The number of ether oxygens (including phenoxy) is 1. The zero-order valence-electron chi connectivity index (χ0n) is 10.3. The number of halogens is 1. The Balaban J connectivity index is 2.11. The molecule has 0 unspecified atom stereocenters. The second kappa shape index (κ2) is 6.27. The highest BCUT2D eigenvalue weighted by atomic mass is 35.5. The Morgan fingerprint density at radius 3 is 2.82 bits per heavy atom. The van der Waals surface area contributed by atoms with Gasteiger partial charge in [-0.2, -0.15) is 0 Å². The Labute approximate surface area is 108 Å². The van der Waals surface area contributed by atoms with E-state index in [0.717, 1.165) is 42.3 Å². The highest BCUT2D eigenvalue weighted by Gasteiger charge is 2.19. The van der Waals surface area contributed by atoms with E-state index >= 15 is 0 Å². The van der Waals surface area contributed by atoms with E-state index in [-0.39, 0.29) is 0 Å². The van der Waals surface area contributed by atoms with Crippen molar-refractivity contribution in [3.05, 3.63) is 28.8 Å².